The number of rotatable bonds is 6. The number of ether oxygens (including phenoxy) is 2. The molecule has 0 radical (unpaired) electrons. The van der Waals surface area contributed by atoms with Gasteiger partial charge in [-0.1, -0.05) is 18.2 Å². The van der Waals surface area contributed by atoms with Gasteiger partial charge < -0.3 is 19.7 Å². The molecule has 0 bridgehead atoms. The minimum Gasteiger partial charge on any atom is -0.493 e. The van der Waals surface area contributed by atoms with Gasteiger partial charge in [-0.15, -0.1) is 0 Å². The highest BCUT2D eigenvalue weighted by Crippen LogP contribution is 2.29. The smallest absolute Gasteiger partial charge is 0.339 e. The van der Waals surface area contributed by atoms with Crippen LogP contribution in [0.4, 0.5) is 0 Å². The third-order valence-corrected chi connectivity index (χ3v) is 2.52. The van der Waals surface area contributed by atoms with Crippen molar-refractivity contribution in [3.05, 3.63) is 29.8 Å². The summed E-state index contributed by atoms with van der Waals surface area (Å²) < 4.78 is 10.5. The van der Waals surface area contributed by atoms with Crippen molar-refractivity contribution < 1.29 is 24.5 Å². The lowest BCUT2D eigenvalue weighted by Crippen LogP contribution is -2.41. The van der Waals surface area contributed by atoms with Gasteiger partial charge in [0, 0.05) is 0 Å². The van der Waals surface area contributed by atoms with Crippen molar-refractivity contribution >= 4 is 12.0 Å². The molecule has 0 amide bonds. The lowest BCUT2D eigenvalue weighted by molar-refractivity contribution is -0.159. The van der Waals surface area contributed by atoms with Gasteiger partial charge in [-0.25, -0.2) is 4.79 Å². The summed E-state index contributed by atoms with van der Waals surface area (Å²) in [5.41, 5.74) is -0.996. The van der Waals surface area contributed by atoms with E-state index in [1.807, 2.05) is 25.1 Å². The van der Waals surface area contributed by atoms with Crippen molar-refractivity contribution in [1.29, 1.82) is 0 Å². The maximum absolute atomic E-state index is 10.8. The summed E-state index contributed by atoms with van der Waals surface area (Å²) in [4.78, 5) is 10.8. The van der Waals surface area contributed by atoms with Gasteiger partial charge in [0.1, 0.15) is 6.61 Å². The normalized spacial score (nSPS) is 14.1. The number of carboxylic acids is 1. The number of methoxy groups -OCH3 is 1. The van der Waals surface area contributed by atoms with Crippen LogP contribution in [0, 0.1) is 0 Å². The zero-order valence-electron chi connectivity index (χ0n) is 11.2. The topological polar surface area (TPSA) is 76.0 Å². The molecule has 0 aliphatic heterocycles. The van der Waals surface area contributed by atoms with Crippen LogP contribution < -0.4 is 9.47 Å². The molecular formula is C14H18O5. The van der Waals surface area contributed by atoms with Gasteiger partial charge in [0.25, 0.3) is 0 Å². The lowest BCUT2D eigenvalue weighted by atomic mass is 10.1. The van der Waals surface area contributed by atoms with Crippen LogP contribution in [0.1, 0.15) is 19.4 Å². The maximum Gasteiger partial charge on any atom is 0.339 e. The minimum atomic E-state index is -1.94. The van der Waals surface area contributed by atoms with E-state index < -0.39 is 11.6 Å². The van der Waals surface area contributed by atoms with Crippen LogP contribution in [0.3, 0.4) is 0 Å². The summed E-state index contributed by atoms with van der Waals surface area (Å²) >= 11 is 0. The third kappa shape index (κ3) is 3.99. The Hall–Kier alpha value is -2.01. The monoisotopic (exact) mass is 266 g/mol. The first kappa shape index (κ1) is 15.0. The molecule has 0 aliphatic carbocycles. The average molecular weight is 266 g/mol. The number of benzene rings is 1. The molecule has 0 aromatic heterocycles. The minimum absolute atomic E-state index is 0.359. The molecular weight excluding hydrogens is 248 g/mol. The van der Waals surface area contributed by atoms with E-state index in [0.29, 0.717) is 11.5 Å². The van der Waals surface area contributed by atoms with E-state index in [1.165, 1.54) is 14.0 Å². The van der Waals surface area contributed by atoms with Crippen LogP contribution in [-0.4, -0.2) is 35.5 Å². The molecule has 0 saturated carbocycles. The molecule has 0 spiro atoms. The highest BCUT2D eigenvalue weighted by atomic mass is 16.5. The first-order valence-corrected chi connectivity index (χ1v) is 5.80. The number of aliphatic carboxylic acids is 1. The molecule has 1 aromatic carbocycles. The molecule has 5 heteroatoms. The number of allylic oxidation sites excluding steroid dienone is 1. The van der Waals surface area contributed by atoms with Crippen molar-refractivity contribution in [2.24, 2.45) is 0 Å². The molecule has 0 heterocycles. The fourth-order valence-corrected chi connectivity index (χ4v) is 1.38. The van der Waals surface area contributed by atoms with Crippen molar-refractivity contribution in [3.63, 3.8) is 0 Å². The molecule has 1 rings (SSSR count). The molecule has 104 valence electrons. The Morgan fingerprint density at radius 3 is 2.63 bits per heavy atom. The zero-order valence-corrected chi connectivity index (χ0v) is 11.2. The quantitative estimate of drug-likeness (QED) is 0.823. The lowest BCUT2D eigenvalue weighted by Gasteiger charge is -2.19. The summed E-state index contributed by atoms with van der Waals surface area (Å²) in [5.74, 6) is -0.467. The Kier molecular flexibility index (Phi) is 4.94. The number of aliphatic hydroxyl groups is 1. The maximum atomic E-state index is 10.8. The first-order chi connectivity index (χ1) is 8.90. The summed E-state index contributed by atoms with van der Waals surface area (Å²) in [6.45, 7) is 2.72. The van der Waals surface area contributed by atoms with Crippen LogP contribution in [0.2, 0.25) is 0 Å². The summed E-state index contributed by atoms with van der Waals surface area (Å²) in [6, 6.07) is 5.25. The van der Waals surface area contributed by atoms with Gasteiger partial charge in [-0.05, 0) is 31.5 Å². The Morgan fingerprint density at radius 2 is 2.11 bits per heavy atom. The summed E-state index contributed by atoms with van der Waals surface area (Å²) in [5, 5.41) is 18.4. The predicted molar refractivity (Wildman–Crippen MR) is 71.5 cm³/mol. The highest BCUT2D eigenvalue weighted by molar-refractivity contribution is 5.76. The second-order valence-corrected chi connectivity index (χ2v) is 4.28. The van der Waals surface area contributed by atoms with E-state index in [4.69, 9.17) is 14.6 Å². The van der Waals surface area contributed by atoms with Gasteiger partial charge >= 0.3 is 5.97 Å². The Balaban J connectivity index is 2.87. The Bertz CT molecular complexity index is 477. The molecule has 0 fully saturated rings. The average Bonchev–Trinajstić information content (AvgIpc) is 2.37. The molecule has 0 saturated heterocycles. The molecule has 19 heavy (non-hydrogen) atoms. The largest absolute Gasteiger partial charge is 0.493 e. The first-order valence-electron chi connectivity index (χ1n) is 5.80. The van der Waals surface area contributed by atoms with Crippen molar-refractivity contribution in [2.75, 3.05) is 13.7 Å². The number of hydrogen-bond acceptors (Lipinski definition) is 4. The molecule has 5 nitrogen and oxygen atoms in total. The van der Waals surface area contributed by atoms with Gasteiger partial charge in [0.2, 0.25) is 0 Å². The molecule has 1 atom stereocenters. The molecule has 2 N–H and O–H groups in total. The van der Waals surface area contributed by atoms with E-state index >= 15 is 0 Å². The number of carboxylic acid groups (broad SMARTS) is 1. The van der Waals surface area contributed by atoms with E-state index in [2.05, 4.69) is 0 Å². The summed E-state index contributed by atoms with van der Waals surface area (Å²) in [7, 11) is 1.50. The standard InChI is InChI=1S/C14H18O5/c1-4-5-10-6-7-11(12(8-10)18-3)19-9-14(2,17)13(15)16/h4-8,17H,9H2,1-3H3,(H,15,16). The van der Waals surface area contributed by atoms with Gasteiger partial charge in [-0.3, -0.25) is 0 Å². The van der Waals surface area contributed by atoms with E-state index in [1.54, 1.807) is 12.1 Å². The third-order valence-electron chi connectivity index (χ3n) is 2.52. The molecule has 0 aliphatic rings. The molecule has 1 aromatic rings. The van der Waals surface area contributed by atoms with Gasteiger partial charge in [0.15, 0.2) is 17.1 Å². The van der Waals surface area contributed by atoms with E-state index in [-0.39, 0.29) is 6.61 Å². The van der Waals surface area contributed by atoms with Crippen LogP contribution in [0.25, 0.3) is 6.08 Å². The van der Waals surface area contributed by atoms with Crippen molar-refractivity contribution in [3.8, 4) is 11.5 Å². The Morgan fingerprint density at radius 1 is 1.42 bits per heavy atom. The second kappa shape index (κ2) is 6.24. The predicted octanol–water partition coefficient (Wildman–Crippen LogP) is 1.94. The summed E-state index contributed by atoms with van der Waals surface area (Å²) in [6.07, 6.45) is 3.80. The van der Waals surface area contributed by atoms with Crippen LogP contribution >= 0.6 is 0 Å². The van der Waals surface area contributed by atoms with E-state index in [9.17, 15) is 9.90 Å². The Labute approximate surface area is 112 Å². The van der Waals surface area contributed by atoms with Crippen LogP contribution in [0.15, 0.2) is 24.3 Å². The SMILES string of the molecule is CC=Cc1ccc(OCC(C)(O)C(=O)O)c(OC)c1. The fraction of sp³-hybridized carbons (Fsp3) is 0.357. The number of carbonyl (C=O) groups is 1. The van der Waals surface area contributed by atoms with Crippen LogP contribution in [-0.2, 0) is 4.79 Å². The van der Waals surface area contributed by atoms with Crippen LogP contribution in [0.5, 0.6) is 11.5 Å². The number of hydrogen-bond donors (Lipinski definition) is 2. The zero-order chi connectivity index (χ0) is 14.5. The van der Waals surface area contributed by atoms with E-state index in [0.717, 1.165) is 5.56 Å². The second-order valence-electron chi connectivity index (χ2n) is 4.28. The van der Waals surface area contributed by atoms with Gasteiger partial charge in [0.05, 0.1) is 7.11 Å². The highest BCUT2D eigenvalue weighted by Gasteiger charge is 2.31. The van der Waals surface area contributed by atoms with Crippen molar-refractivity contribution in [2.45, 2.75) is 19.4 Å². The van der Waals surface area contributed by atoms with Crippen molar-refractivity contribution in [1.82, 2.24) is 0 Å². The fourth-order valence-electron chi connectivity index (χ4n) is 1.38. The van der Waals surface area contributed by atoms with Gasteiger partial charge in [-0.2, -0.15) is 0 Å². The molecule has 1 unspecified atom stereocenters.